The van der Waals surface area contributed by atoms with Crippen molar-refractivity contribution in [2.24, 2.45) is 5.73 Å². The van der Waals surface area contributed by atoms with E-state index in [1.165, 1.54) is 0 Å². The monoisotopic (exact) mass is 345 g/mol. The van der Waals surface area contributed by atoms with Crippen LogP contribution in [0.5, 0.6) is 0 Å². The first-order valence-electron chi connectivity index (χ1n) is 6.64. The van der Waals surface area contributed by atoms with Crippen LogP contribution in [0.2, 0.25) is 5.15 Å². The van der Waals surface area contributed by atoms with E-state index in [-0.39, 0.29) is 22.5 Å². The van der Waals surface area contributed by atoms with Gasteiger partial charge in [-0.3, -0.25) is 20.3 Å². The molecule has 1 aromatic heterocycles. The van der Waals surface area contributed by atoms with Crippen molar-refractivity contribution in [2.75, 3.05) is 11.5 Å². The van der Waals surface area contributed by atoms with Crippen molar-refractivity contribution in [1.82, 2.24) is 15.3 Å². The van der Waals surface area contributed by atoms with E-state index in [9.17, 15) is 9.59 Å². The number of hydrogen-bond donors (Lipinski definition) is 6. The molecule has 0 radical (unpaired) electrons. The number of aliphatic carboxylic acids is 1. The summed E-state index contributed by atoms with van der Waals surface area (Å²) in [5, 5.41) is 16.8. The number of hydrogen-bond acceptors (Lipinski definition) is 7. The molecule has 0 spiro atoms. The number of anilines is 2. The molecule has 0 atom stereocenters. The molecule has 0 unspecified atom stereocenters. The number of unbranched alkanes of at least 4 members (excludes halogenated alkanes) is 2. The molecule has 0 saturated heterocycles. The Morgan fingerprint density at radius 1 is 1.26 bits per heavy atom. The minimum Gasteiger partial charge on any atom is -0.481 e. The van der Waals surface area contributed by atoms with Crippen molar-refractivity contribution in [3.8, 4) is 0 Å². The number of amides is 1. The first-order chi connectivity index (χ1) is 10.7. The lowest BCUT2D eigenvalue weighted by molar-refractivity contribution is -0.137. The van der Waals surface area contributed by atoms with Gasteiger partial charge < -0.3 is 22.3 Å². The van der Waals surface area contributed by atoms with Crippen LogP contribution in [0.1, 0.15) is 43.1 Å². The Bertz CT molecular complexity index is 580. The van der Waals surface area contributed by atoms with Crippen LogP contribution in [0.15, 0.2) is 0 Å². The third kappa shape index (κ3) is 8.41. The minimum atomic E-state index is -0.769. The third-order valence-corrected chi connectivity index (χ3v) is 2.64. The number of halogens is 1. The maximum absolute atomic E-state index is 11.3. The van der Waals surface area contributed by atoms with Crippen LogP contribution in [0.4, 0.5) is 11.6 Å². The molecule has 128 valence electrons. The second-order valence-electron chi connectivity index (χ2n) is 4.35. The predicted molar refractivity (Wildman–Crippen MR) is 87.0 cm³/mol. The number of carboxylic acid groups (broad SMARTS) is 1. The maximum Gasteiger partial charge on any atom is 0.303 e. The van der Waals surface area contributed by atoms with Gasteiger partial charge in [-0.1, -0.05) is 31.4 Å². The highest BCUT2D eigenvalue weighted by Crippen LogP contribution is 2.16. The highest BCUT2D eigenvalue weighted by atomic mass is 35.5. The molecule has 0 bridgehead atoms. The summed E-state index contributed by atoms with van der Waals surface area (Å²) in [5.74, 6) is -2.24. The molecule has 0 aliphatic rings. The molecular weight excluding hydrogens is 326 g/mol. The van der Waals surface area contributed by atoms with Gasteiger partial charge in [0.1, 0.15) is 0 Å². The first-order valence-corrected chi connectivity index (χ1v) is 7.02. The normalized spacial score (nSPS) is 9.48. The summed E-state index contributed by atoms with van der Waals surface area (Å²) in [5.41, 5.74) is 15.4. The minimum absolute atomic E-state index is 0.0754. The second kappa shape index (κ2) is 10.2. The number of carboxylic acids is 1. The molecule has 1 heterocycles. The van der Waals surface area contributed by atoms with Gasteiger partial charge in [-0.05, 0) is 6.42 Å². The van der Waals surface area contributed by atoms with Crippen LogP contribution < -0.4 is 22.5 Å². The summed E-state index contributed by atoms with van der Waals surface area (Å²) in [4.78, 5) is 28.4. The number of carbonyl (C=O) groups excluding carboxylic acids is 1. The number of aromatic nitrogens is 2. The van der Waals surface area contributed by atoms with Crippen molar-refractivity contribution >= 4 is 41.1 Å². The zero-order valence-electron chi connectivity index (χ0n) is 12.6. The summed E-state index contributed by atoms with van der Waals surface area (Å²) >= 11 is 5.55. The van der Waals surface area contributed by atoms with Crippen LogP contribution in [0.25, 0.3) is 0 Å². The highest BCUT2D eigenvalue weighted by molar-refractivity contribution is 6.31. The Labute approximate surface area is 137 Å². The van der Waals surface area contributed by atoms with Crippen molar-refractivity contribution in [2.45, 2.75) is 32.6 Å². The smallest absolute Gasteiger partial charge is 0.303 e. The molecule has 0 fully saturated rings. The van der Waals surface area contributed by atoms with E-state index in [1.807, 2.05) is 5.32 Å². The lowest BCUT2D eigenvalue weighted by atomic mass is 10.2. The molecule has 23 heavy (non-hydrogen) atoms. The van der Waals surface area contributed by atoms with Gasteiger partial charge in [0, 0.05) is 6.42 Å². The molecule has 10 nitrogen and oxygen atoms in total. The standard InChI is InChI=1S/C6H8ClN7O.C6H12O2/c7-2-4(9)13-3(8)1(12-2)5(15)14-6(10)11;1-2-3-4-5-6(7)8/h(H4,8,9,13)(H4,10,11,14,15);2-5H2,1H3,(H,7,8). The average Bonchev–Trinajstić information content (AvgIpc) is 2.42. The van der Waals surface area contributed by atoms with E-state index >= 15 is 0 Å². The largest absolute Gasteiger partial charge is 0.481 e. The average molecular weight is 346 g/mol. The predicted octanol–water partition coefficient (Wildman–Crippen LogP) is 0.569. The lowest BCUT2D eigenvalue weighted by Gasteiger charge is -2.05. The van der Waals surface area contributed by atoms with E-state index in [0.717, 1.165) is 19.3 Å². The Morgan fingerprint density at radius 3 is 2.35 bits per heavy atom. The maximum atomic E-state index is 11.3. The quantitative estimate of drug-likeness (QED) is 0.253. The van der Waals surface area contributed by atoms with Gasteiger partial charge in [0.05, 0.1) is 0 Å². The molecule has 9 N–H and O–H groups in total. The number of guanidine groups is 1. The summed E-state index contributed by atoms with van der Waals surface area (Å²) < 4.78 is 0. The van der Waals surface area contributed by atoms with Crippen LogP contribution in [-0.2, 0) is 4.79 Å². The zero-order chi connectivity index (χ0) is 18.0. The fourth-order valence-electron chi connectivity index (χ4n) is 1.32. The molecular formula is C12H20ClN7O3. The van der Waals surface area contributed by atoms with Crippen LogP contribution in [0.3, 0.4) is 0 Å². The van der Waals surface area contributed by atoms with Gasteiger partial charge in [0.2, 0.25) is 0 Å². The van der Waals surface area contributed by atoms with Gasteiger partial charge in [0.25, 0.3) is 5.91 Å². The first kappa shape index (κ1) is 20.4. The number of nitrogens with one attached hydrogen (secondary N) is 2. The fourth-order valence-corrected chi connectivity index (χ4v) is 1.44. The number of nitrogens with zero attached hydrogens (tertiary/aromatic N) is 2. The summed E-state index contributed by atoms with van der Waals surface area (Å²) in [7, 11) is 0. The van der Waals surface area contributed by atoms with Gasteiger partial charge >= 0.3 is 5.97 Å². The van der Waals surface area contributed by atoms with Crippen LogP contribution in [-0.4, -0.2) is 32.9 Å². The molecule has 0 saturated carbocycles. The fraction of sp³-hybridized carbons (Fsp3) is 0.417. The van der Waals surface area contributed by atoms with E-state index in [1.54, 1.807) is 0 Å². The molecule has 0 aliphatic carbocycles. The van der Waals surface area contributed by atoms with Crippen LogP contribution in [0, 0.1) is 5.41 Å². The van der Waals surface area contributed by atoms with Crippen molar-refractivity contribution in [3.63, 3.8) is 0 Å². The topological polar surface area (TPSA) is 194 Å². The molecule has 0 aliphatic heterocycles. The number of rotatable bonds is 5. The Hall–Kier alpha value is -2.62. The van der Waals surface area contributed by atoms with Gasteiger partial charge in [-0.25, -0.2) is 9.97 Å². The Balaban J connectivity index is 0.000000515. The Kier molecular flexibility index (Phi) is 9.01. The van der Waals surface area contributed by atoms with E-state index in [0.29, 0.717) is 6.42 Å². The molecule has 11 heteroatoms. The van der Waals surface area contributed by atoms with Crippen LogP contribution >= 0.6 is 11.6 Å². The second-order valence-corrected chi connectivity index (χ2v) is 4.71. The van der Waals surface area contributed by atoms with E-state index in [4.69, 9.17) is 39.3 Å². The molecule has 1 amide bonds. The molecule has 1 rings (SSSR count). The van der Waals surface area contributed by atoms with E-state index < -0.39 is 17.8 Å². The van der Waals surface area contributed by atoms with Crippen molar-refractivity contribution in [3.05, 3.63) is 10.8 Å². The van der Waals surface area contributed by atoms with Gasteiger partial charge in [0.15, 0.2) is 28.4 Å². The van der Waals surface area contributed by atoms with Crippen molar-refractivity contribution in [1.29, 1.82) is 5.41 Å². The summed E-state index contributed by atoms with van der Waals surface area (Å²) in [6, 6.07) is 0. The number of nitrogen functional groups attached to an aromatic ring is 2. The lowest BCUT2D eigenvalue weighted by Crippen LogP contribution is -2.36. The zero-order valence-corrected chi connectivity index (χ0v) is 13.4. The van der Waals surface area contributed by atoms with Gasteiger partial charge in [-0.15, -0.1) is 0 Å². The third-order valence-electron chi connectivity index (χ3n) is 2.36. The number of nitrogens with two attached hydrogens (primary N) is 3. The molecule has 0 aromatic carbocycles. The number of carbonyl (C=O) groups is 2. The Morgan fingerprint density at radius 2 is 1.87 bits per heavy atom. The molecule has 1 aromatic rings. The van der Waals surface area contributed by atoms with Crippen molar-refractivity contribution < 1.29 is 14.7 Å². The highest BCUT2D eigenvalue weighted by Gasteiger charge is 2.15. The SMILES string of the molecule is CCCCCC(=O)O.N=C(N)NC(=O)c1nc(Cl)c(N)nc1N. The van der Waals surface area contributed by atoms with Gasteiger partial charge in [-0.2, -0.15) is 0 Å². The summed E-state index contributed by atoms with van der Waals surface area (Å²) in [6.07, 6.45) is 3.28. The van der Waals surface area contributed by atoms with E-state index in [2.05, 4.69) is 16.9 Å². The summed E-state index contributed by atoms with van der Waals surface area (Å²) in [6.45, 7) is 2.06.